The molecule has 0 aromatic heterocycles. The summed E-state index contributed by atoms with van der Waals surface area (Å²) in [7, 11) is 0. The van der Waals surface area contributed by atoms with Gasteiger partial charge in [0, 0.05) is 51.7 Å². The van der Waals surface area contributed by atoms with Gasteiger partial charge in [-0.25, -0.2) is 0 Å². The van der Waals surface area contributed by atoms with E-state index in [-0.39, 0.29) is 12.5 Å². The number of carbonyl (C=O) groups excluding carboxylic acids is 1. The van der Waals surface area contributed by atoms with E-state index in [9.17, 15) is 9.90 Å². The van der Waals surface area contributed by atoms with Crippen molar-refractivity contribution in [2.75, 3.05) is 39.3 Å². The lowest BCUT2D eigenvalue weighted by Gasteiger charge is -2.19. The van der Waals surface area contributed by atoms with Crippen molar-refractivity contribution < 1.29 is 9.90 Å². The minimum absolute atomic E-state index is 0.208. The second kappa shape index (κ2) is 13.3. The van der Waals surface area contributed by atoms with Crippen LogP contribution in [0.4, 0.5) is 0 Å². The van der Waals surface area contributed by atoms with E-state index in [0.29, 0.717) is 30.7 Å². The van der Waals surface area contributed by atoms with E-state index in [1.165, 1.54) is 5.56 Å². The third kappa shape index (κ3) is 8.74. The smallest absolute Gasteiger partial charge is 0.223 e. The van der Waals surface area contributed by atoms with Crippen molar-refractivity contribution in [3.63, 3.8) is 0 Å². The second-order valence-electron chi connectivity index (χ2n) is 8.75. The predicted octanol–water partition coefficient (Wildman–Crippen LogP) is 2.68. The Hall–Kier alpha value is -2.08. The van der Waals surface area contributed by atoms with Gasteiger partial charge < -0.3 is 20.6 Å². The highest BCUT2D eigenvalue weighted by molar-refractivity contribution is 5.81. The fraction of sp³-hybridized carbons (Fsp3) is 0.667. The number of benzene rings is 1. The number of amides is 1. The Morgan fingerprint density at radius 3 is 2.70 bits per heavy atom. The molecule has 1 aliphatic rings. The average Bonchev–Trinajstić information content (AvgIpc) is 3.08. The highest BCUT2D eigenvalue weighted by Crippen LogP contribution is 2.18. The number of aliphatic hydroxyl groups is 1. The van der Waals surface area contributed by atoms with Gasteiger partial charge in [-0.05, 0) is 43.6 Å². The van der Waals surface area contributed by atoms with Gasteiger partial charge in [-0.2, -0.15) is 0 Å². The normalized spacial score (nSPS) is 18.2. The molecule has 6 nitrogen and oxygen atoms in total. The Balaban J connectivity index is 1.81. The van der Waals surface area contributed by atoms with Gasteiger partial charge in [-0.1, -0.05) is 44.2 Å². The Morgan fingerprint density at radius 2 is 2.03 bits per heavy atom. The molecular weight excluding hydrogens is 376 g/mol. The highest BCUT2D eigenvalue weighted by Gasteiger charge is 2.29. The average molecular weight is 417 g/mol. The monoisotopic (exact) mass is 416 g/mol. The molecule has 0 radical (unpaired) electrons. The largest absolute Gasteiger partial charge is 0.396 e. The maximum Gasteiger partial charge on any atom is 0.223 e. The molecule has 168 valence electrons. The molecule has 6 heteroatoms. The van der Waals surface area contributed by atoms with Crippen molar-refractivity contribution in [3.05, 3.63) is 35.9 Å². The summed E-state index contributed by atoms with van der Waals surface area (Å²) in [5, 5.41) is 16.0. The molecule has 2 unspecified atom stereocenters. The number of likely N-dealkylation sites (tertiary alicyclic amines) is 1. The van der Waals surface area contributed by atoms with Crippen molar-refractivity contribution >= 4 is 11.9 Å². The topological polar surface area (TPSA) is 77.0 Å². The summed E-state index contributed by atoms with van der Waals surface area (Å²) < 4.78 is 0. The summed E-state index contributed by atoms with van der Waals surface area (Å²) in [6.45, 7) is 10.5. The summed E-state index contributed by atoms with van der Waals surface area (Å²) in [5.41, 5.74) is 1.27. The third-order valence-corrected chi connectivity index (χ3v) is 5.56. The summed E-state index contributed by atoms with van der Waals surface area (Å²) in [4.78, 5) is 19.1. The Bertz CT molecular complexity index is 648. The second-order valence-corrected chi connectivity index (χ2v) is 8.75. The number of hydrogen-bond acceptors (Lipinski definition) is 3. The number of carbonyl (C=O) groups is 1. The fourth-order valence-corrected chi connectivity index (χ4v) is 4.05. The Kier molecular flexibility index (Phi) is 10.7. The molecular formula is C24H40N4O2. The quantitative estimate of drug-likeness (QED) is 0.362. The lowest BCUT2D eigenvalue weighted by atomic mass is 9.94. The molecule has 2 rings (SSSR count). The van der Waals surface area contributed by atoms with Crippen LogP contribution < -0.4 is 10.6 Å². The first-order valence-electron chi connectivity index (χ1n) is 11.5. The number of guanidine groups is 1. The van der Waals surface area contributed by atoms with Crippen LogP contribution in [0, 0.1) is 17.8 Å². The minimum atomic E-state index is 0.208. The molecule has 1 fully saturated rings. The van der Waals surface area contributed by atoms with Gasteiger partial charge in [0.2, 0.25) is 5.91 Å². The van der Waals surface area contributed by atoms with E-state index >= 15 is 0 Å². The molecule has 1 aromatic rings. The van der Waals surface area contributed by atoms with Crippen LogP contribution in [0.2, 0.25) is 0 Å². The molecule has 2 atom stereocenters. The van der Waals surface area contributed by atoms with Crippen molar-refractivity contribution in [3.8, 4) is 0 Å². The van der Waals surface area contributed by atoms with E-state index < -0.39 is 0 Å². The highest BCUT2D eigenvalue weighted by atomic mass is 16.3. The van der Waals surface area contributed by atoms with Crippen LogP contribution in [0.1, 0.15) is 45.6 Å². The first-order valence-corrected chi connectivity index (χ1v) is 11.5. The zero-order chi connectivity index (χ0) is 21.8. The van der Waals surface area contributed by atoms with Crippen LogP contribution >= 0.6 is 0 Å². The molecule has 0 saturated carbocycles. The number of hydrogen-bond donors (Lipinski definition) is 3. The number of aliphatic imine (C=N–C) groups is 1. The van der Waals surface area contributed by atoms with Crippen LogP contribution in [0.5, 0.6) is 0 Å². The van der Waals surface area contributed by atoms with Crippen LogP contribution in [-0.4, -0.2) is 61.2 Å². The lowest BCUT2D eigenvalue weighted by Crippen LogP contribution is -2.40. The van der Waals surface area contributed by atoms with Gasteiger partial charge in [0.25, 0.3) is 0 Å². The molecule has 3 N–H and O–H groups in total. The first-order chi connectivity index (χ1) is 14.5. The van der Waals surface area contributed by atoms with Gasteiger partial charge in [-0.3, -0.25) is 9.79 Å². The van der Waals surface area contributed by atoms with E-state index in [0.717, 1.165) is 51.4 Å². The van der Waals surface area contributed by atoms with Crippen molar-refractivity contribution in [1.82, 2.24) is 15.5 Å². The summed E-state index contributed by atoms with van der Waals surface area (Å²) in [5.74, 6) is 2.35. The van der Waals surface area contributed by atoms with Crippen LogP contribution in [0.15, 0.2) is 35.3 Å². The van der Waals surface area contributed by atoms with Crippen LogP contribution in [0.3, 0.4) is 0 Å². The number of nitrogens with zero attached hydrogens (tertiary/aromatic N) is 2. The molecule has 1 heterocycles. The third-order valence-electron chi connectivity index (χ3n) is 5.56. The van der Waals surface area contributed by atoms with Crippen molar-refractivity contribution in [2.45, 2.75) is 46.5 Å². The molecule has 1 aromatic carbocycles. The molecule has 0 aliphatic carbocycles. The molecule has 1 amide bonds. The SMILES string of the molecule is CCNC(=NCC(CCO)CC(C)C)NCC1CC(=O)N(CCc2ccccc2)C1. The van der Waals surface area contributed by atoms with Gasteiger partial charge in [-0.15, -0.1) is 0 Å². The lowest BCUT2D eigenvalue weighted by molar-refractivity contribution is -0.127. The Morgan fingerprint density at radius 1 is 1.27 bits per heavy atom. The minimum Gasteiger partial charge on any atom is -0.396 e. The maximum absolute atomic E-state index is 12.4. The number of nitrogens with one attached hydrogen (secondary N) is 2. The molecule has 1 saturated heterocycles. The summed E-state index contributed by atoms with van der Waals surface area (Å²) in [6, 6.07) is 10.3. The zero-order valence-corrected chi connectivity index (χ0v) is 18.9. The van der Waals surface area contributed by atoms with Gasteiger partial charge in [0.1, 0.15) is 0 Å². The van der Waals surface area contributed by atoms with E-state index in [2.05, 4.69) is 43.5 Å². The van der Waals surface area contributed by atoms with Crippen LogP contribution in [0.25, 0.3) is 0 Å². The van der Waals surface area contributed by atoms with Crippen molar-refractivity contribution in [2.24, 2.45) is 22.7 Å². The fourth-order valence-electron chi connectivity index (χ4n) is 4.05. The molecule has 0 bridgehead atoms. The maximum atomic E-state index is 12.4. The predicted molar refractivity (Wildman–Crippen MR) is 123 cm³/mol. The van der Waals surface area contributed by atoms with E-state index in [4.69, 9.17) is 4.99 Å². The number of rotatable bonds is 12. The number of aliphatic hydroxyl groups excluding tert-OH is 1. The van der Waals surface area contributed by atoms with E-state index in [1.807, 2.05) is 23.1 Å². The van der Waals surface area contributed by atoms with Gasteiger partial charge >= 0.3 is 0 Å². The van der Waals surface area contributed by atoms with Crippen LogP contribution in [-0.2, 0) is 11.2 Å². The molecule has 1 aliphatic heterocycles. The summed E-state index contributed by atoms with van der Waals surface area (Å²) in [6.07, 6.45) is 3.35. The van der Waals surface area contributed by atoms with E-state index in [1.54, 1.807) is 0 Å². The molecule has 0 spiro atoms. The van der Waals surface area contributed by atoms with Gasteiger partial charge in [0.15, 0.2) is 5.96 Å². The van der Waals surface area contributed by atoms with Crippen molar-refractivity contribution in [1.29, 1.82) is 0 Å². The standard InChI is InChI=1S/C24H40N4O2/c1-4-25-24(26-16-21(11-13-29)14-19(2)3)27-17-22-15-23(30)28(18-22)12-10-20-8-6-5-7-9-20/h5-9,19,21-22,29H,4,10-18H2,1-3H3,(H2,25,26,27). The first kappa shape index (κ1) is 24.2. The zero-order valence-electron chi connectivity index (χ0n) is 18.9. The molecule has 30 heavy (non-hydrogen) atoms. The Labute approximate surface area is 182 Å². The van der Waals surface area contributed by atoms with Gasteiger partial charge in [0.05, 0.1) is 0 Å². The summed E-state index contributed by atoms with van der Waals surface area (Å²) >= 11 is 0.